The van der Waals surface area contributed by atoms with E-state index in [0.717, 1.165) is 24.0 Å². The molecule has 0 N–H and O–H groups in total. The third kappa shape index (κ3) is 3.66. The third-order valence-corrected chi connectivity index (χ3v) is 2.32. The highest BCUT2D eigenvalue weighted by atomic mass is 17.2. The molecule has 0 aliphatic heterocycles. The molecule has 0 radical (unpaired) electrons. The summed E-state index contributed by atoms with van der Waals surface area (Å²) in [6.45, 7) is 6.37. The summed E-state index contributed by atoms with van der Waals surface area (Å²) in [5, 5.41) is 0. The molecular formula is C13H18O3. The summed E-state index contributed by atoms with van der Waals surface area (Å²) in [5.41, 5.74) is 2.59. The van der Waals surface area contributed by atoms with Crippen molar-refractivity contribution in [2.45, 2.75) is 33.6 Å². The van der Waals surface area contributed by atoms with Gasteiger partial charge in [0.05, 0.1) is 12.2 Å². The second-order valence-corrected chi connectivity index (χ2v) is 3.86. The first-order valence-electron chi connectivity index (χ1n) is 5.56. The van der Waals surface area contributed by atoms with Crippen molar-refractivity contribution in [2.24, 2.45) is 0 Å². The van der Waals surface area contributed by atoms with E-state index in [2.05, 4.69) is 6.92 Å². The predicted molar refractivity (Wildman–Crippen MR) is 62.2 cm³/mol. The Kier molecular flexibility index (Phi) is 4.99. The molecule has 3 nitrogen and oxygen atoms in total. The van der Waals surface area contributed by atoms with Crippen LogP contribution < -0.4 is 0 Å². The van der Waals surface area contributed by atoms with Crippen LogP contribution in [0.2, 0.25) is 0 Å². The van der Waals surface area contributed by atoms with E-state index in [0.29, 0.717) is 12.2 Å². The van der Waals surface area contributed by atoms with E-state index in [4.69, 9.17) is 9.78 Å². The highest BCUT2D eigenvalue weighted by molar-refractivity contribution is 5.90. The van der Waals surface area contributed by atoms with Crippen LogP contribution in [0, 0.1) is 13.8 Å². The van der Waals surface area contributed by atoms with Crippen LogP contribution >= 0.6 is 0 Å². The molecule has 0 unspecified atom stereocenters. The van der Waals surface area contributed by atoms with Crippen LogP contribution in [-0.2, 0) is 9.78 Å². The predicted octanol–water partition coefficient (Wildman–Crippen LogP) is 3.19. The summed E-state index contributed by atoms with van der Waals surface area (Å²) in [4.78, 5) is 21.1. The molecular weight excluding hydrogens is 204 g/mol. The Hall–Kier alpha value is -1.35. The van der Waals surface area contributed by atoms with Gasteiger partial charge in [0, 0.05) is 0 Å². The molecule has 1 aromatic carbocycles. The van der Waals surface area contributed by atoms with Crippen molar-refractivity contribution in [3.05, 3.63) is 34.9 Å². The standard InChI is InChI=1S/C13H18O3/c1-4-5-8-15-16-13(14)12-7-6-10(2)9-11(12)3/h6-7,9H,4-5,8H2,1-3H3. The van der Waals surface area contributed by atoms with Gasteiger partial charge in [0.25, 0.3) is 0 Å². The average Bonchev–Trinajstić information content (AvgIpc) is 2.24. The molecule has 0 atom stereocenters. The number of aryl methyl sites for hydroxylation is 2. The molecule has 0 saturated heterocycles. The van der Waals surface area contributed by atoms with Crippen LogP contribution in [0.25, 0.3) is 0 Å². The fourth-order valence-electron chi connectivity index (χ4n) is 1.39. The monoisotopic (exact) mass is 222 g/mol. The van der Waals surface area contributed by atoms with Crippen molar-refractivity contribution in [1.29, 1.82) is 0 Å². The summed E-state index contributed by atoms with van der Waals surface area (Å²) in [6, 6.07) is 5.59. The van der Waals surface area contributed by atoms with Gasteiger partial charge in [-0.3, -0.25) is 4.89 Å². The van der Waals surface area contributed by atoms with Crippen LogP contribution in [0.4, 0.5) is 0 Å². The summed E-state index contributed by atoms with van der Waals surface area (Å²) in [5.74, 6) is -0.423. The van der Waals surface area contributed by atoms with Crippen molar-refractivity contribution in [2.75, 3.05) is 6.61 Å². The van der Waals surface area contributed by atoms with E-state index in [1.807, 2.05) is 26.0 Å². The molecule has 1 rings (SSSR count). The fourth-order valence-corrected chi connectivity index (χ4v) is 1.39. The second kappa shape index (κ2) is 6.28. The molecule has 0 aliphatic carbocycles. The van der Waals surface area contributed by atoms with Gasteiger partial charge in [-0.15, -0.1) is 0 Å². The normalized spacial score (nSPS) is 10.2. The lowest BCUT2D eigenvalue weighted by atomic mass is 10.1. The molecule has 1 aromatic rings. The Bertz CT molecular complexity index is 358. The van der Waals surface area contributed by atoms with Gasteiger partial charge in [-0.1, -0.05) is 31.0 Å². The summed E-state index contributed by atoms with van der Waals surface area (Å²) in [6.07, 6.45) is 1.90. The Morgan fingerprint density at radius 2 is 2.06 bits per heavy atom. The first-order chi connectivity index (χ1) is 7.65. The minimum atomic E-state index is -0.423. The topological polar surface area (TPSA) is 35.5 Å². The molecule has 0 saturated carbocycles. The van der Waals surface area contributed by atoms with Crippen LogP contribution in [0.5, 0.6) is 0 Å². The van der Waals surface area contributed by atoms with Crippen molar-refractivity contribution >= 4 is 5.97 Å². The minimum absolute atomic E-state index is 0.423. The molecule has 3 heteroatoms. The lowest BCUT2D eigenvalue weighted by Gasteiger charge is -2.06. The molecule has 0 heterocycles. The average molecular weight is 222 g/mol. The zero-order valence-electron chi connectivity index (χ0n) is 10.1. The molecule has 88 valence electrons. The molecule has 0 fully saturated rings. The molecule has 16 heavy (non-hydrogen) atoms. The van der Waals surface area contributed by atoms with Gasteiger partial charge in [-0.2, -0.15) is 4.89 Å². The van der Waals surface area contributed by atoms with Crippen LogP contribution in [0.3, 0.4) is 0 Å². The maximum Gasteiger partial charge on any atom is 0.373 e. The van der Waals surface area contributed by atoms with E-state index in [9.17, 15) is 4.79 Å². The summed E-state index contributed by atoms with van der Waals surface area (Å²) in [7, 11) is 0. The van der Waals surface area contributed by atoms with Crippen molar-refractivity contribution in [3.63, 3.8) is 0 Å². The summed E-state index contributed by atoms with van der Waals surface area (Å²) < 4.78 is 0. The highest BCUT2D eigenvalue weighted by Gasteiger charge is 2.11. The lowest BCUT2D eigenvalue weighted by Crippen LogP contribution is -2.08. The van der Waals surface area contributed by atoms with Gasteiger partial charge >= 0.3 is 5.97 Å². The summed E-state index contributed by atoms with van der Waals surface area (Å²) >= 11 is 0. The van der Waals surface area contributed by atoms with E-state index in [1.54, 1.807) is 6.07 Å². The van der Waals surface area contributed by atoms with Crippen LogP contribution in [0.1, 0.15) is 41.3 Å². The van der Waals surface area contributed by atoms with Crippen molar-refractivity contribution in [3.8, 4) is 0 Å². The number of carbonyl (C=O) groups is 1. The SMILES string of the molecule is CCCCOOC(=O)c1ccc(C)cc1C. The largest absolute Gasteiger partial charge is 0.373 e. The van der Waals surface area contributed by atoms with E-state index in [-0.39, 0.29) is 0 Å². The Labute approximate surface area is 96.3 Å². The van der Waals surface area contributed by atoms with Gasteiger partial charge in [-0.05, 0) is 31.9 Å². The second-order valence-electron chi connectivity index (χ2n) is 3.86. The van der Waals surface area contributed by atoms with Crippen molar-refractivity contribution < 1.29 is 14.6 Å². The Morgan fingerprint density at radius 3 is 2.69 bits per heavy atom. The van der Waals surface area contributed by atoms with Gasteiger partial charge in [-0.25, -0.2) is 4.79 Å². The Balaban J connectivity index is 2.53. The maximum absolute atomic E-state index is 11.6. The minimum Gasteiger partial charge on any atom is -0.293 e. The Morgan fingerprint density at radius 1 is 1.31 bits per heavy atom. The van der Waals surface area contributed by atoms with Gasteiger partial charge in [0.1, 0.15) is 0 Å². The zero-order chi connectivity index (χ0) is 12.0. The van der Waals surface area contributed by atoms with Gasteiger partial charge in [0.15, 0.2) is 0 Å². The maximum atomic E-state index is 11.6. The smallest absolute Gasteiger partial charge is 0.293 e. The number of unbranched alkanes of at least 4 members (excludes halogenated alkanes) is 1. The fraction of sp³-hybridized carbons (Fsp3) is 0.462. The number of carbonyl (C=O) groups excluding carboxylic acids is 1. The lowest BCUT2D eigenvalue weighted by molar-refractivity contribution is -0.241. The first kappa shape index (κ1) is 12.7. The molecule has 0 spiro atoms. The first-order valence-corrected chi connectivity index (χ1v) is 5.56. The number of hydrogen-bond acceptors (Lipinski definition) is 3. The molecule has 0 aromatic heterocycles. The van der Waals surface area contributed by atoms with E-state index >= 15 is 0 Å². The zero-order valence-corrected chi connectivity index (χ0v) is 10.1. The van der Waals surface area contributed by atoms with Crippen molar-refractivity contribution in [1.82, 2.24) is 0 Å². The van der Waals surface area contributed by atoms with Crippen LogP contribution in [-0.4, -0.2) is 12.6 Å². The van der Waals surface area contributed by atoms with Crippen LogP contribution in [0.15, 0.2) is 18.2 Å². The highest BCUT2D eigenvalue weighted by Crippen LogP contribution is 2.11. The molecule has 0 aliphatic rings. The quantitative estimate of drug-likeness (QED) is 0.436. The van der Waals surface area contributed by atoms with Gasteiger partial charge < -0.3 is 0 Å². The number of rotatable bonds is 5. The number of hydrogen-bond donors (Lipinski definition) is 0. The molecule has 0 amide bonds. The third-order valence-electron chi connectivity index (χ3n) is 2.32. The van der Waals surface area contributed by atoms with Gasteiger partial charge in [0.2, 0.25) is 0 Å². The molecule has 0 bridgehead atoms. The number of benzene rings is 1. The van der Waals surface area contributed by atoms with E-state index < -0.39 is 5.97 Å². The van der Waals surface area contributed by atoms with E-state index in [1.165, 1.54) is 0 Å².